The zero-order valence-electron chi connectivity index (χ0n) is 9.95. The van der Waals surface area contributed by atoms with Gasteiger partial charge in [0, 0.05) is 10.7 Å². The van der Waals surface area contributed by atoms with Crippen LogP contribution in [0.5, 0.6) is 5.75 Å². The van der Waals surface area contributed by atoms with E-state index in [0.717, 1.165) is 13.0 Å². The third kappa shape index (κ3) is 2.95. The smallest absolute Gasteiger partial charge is 0.137 e. The monoisotopic (exact) mass is 318 g/mol. The highest BCUT2D eigenvalue weighted by molar-refractivity contribution is 9.09. The predicted octanol–water partition coefficient (Wildman–Crippen LogP) is 4.21. The number of ether oxygens (including phenoxy) is 2. The van der Waals surface area contributed by atoms with Gasteiger partial charge >= 0.3 is 0 Å². The maximum absolute atomic E-state index is 6.13. The lowest BCUT2D eigenvalue weighted by atomic mass is 9.97. The van der Waals surface area contributed by atoms with Crippen molar-refractivity contribution in [3.63, 3.8) is 0 Å². The number of benzene rings is 1. The molecule has 1 aliphatic heterocycles. The van der Waals surface area contributed by atoms with E-state index in [2.05, 4.69) is 22.9 Å². The van der Waals surface area contributed by atoms with E-state index in [1.807, 2.05) is 18.2 Å². The Balaban J connectivity index is 2.14. The maximum atomic E-state index is 6.13. The molecule has 4 heteroatoms. The molecule has 0 amide bonds. The highest BCUT2D eigenvalue weighted by Crippen LogP contribution is 2.39. The summed E-state index contributed by atoms with van der Waals surface area (Å²) in [6.45, 7) is 2.92. The van der Waals surface area contributed by atoms with Crippen LogP contribution in [0.25, 0.3) is 0 Å². The van der Waals surface area contributed by atoms with Crippen LogP contribution in [-0.2, 0) is 4.74 Å². The average molecular weight is 320 g/mol. The van der Waals surface area contributed by atoms with Crippen molar-refractivity contribution in [2.45, 2.75) is 24.3 Å². The van der Waals surface area contributed by atoms with E-state index in [1.165, 1.54) is 5.56 Å². The molecule has 3 unspecified atom stereocenters. The van der Waals surface area contributed by atoms with Gasteiger partial charge in [-0.2, -0.15) is 0 Å². The molecule has 1 fully saturated rings. The molecule has 0 spiro atoms. The van der Waals surface area contributed by atoms with Crippen LogP contribution < -0.4 is 4.74 Å². The van der Waals surface area contributed by atoms with Gasteiger partial charge in [0.2, 0.25) is 0 Å². The Morgan fingerprint density at radius 1 is 1.53 bits per heavy atom. The van der Waals surface area contributed by atoms with Gasteiger partial charge in [-0.05, 0) is 31.0 Å². The topological polar surface area (TPSA) is 18.5 Å². The molecule has 2 nitrogen and oxygen atoms in total. The summed E-state index contributed by atoms with van der Waals surface area (Å²) in [6, 6.07) is 5.92. The second-order valence-electron chi connectivity index (χ2n) is 4.44. The molecule has 2 rings (SSSR count). The molecule has 1 aliphatic rings. The van der Waals surface area contributed by atoms with Gasteiger partial charge in [0.15, 0.2) is 0 Å². The van der Waals surface area contributed by atoms with E-state index >= 15 is 0 Å². The zero-order valence-corrected chi connectivity index (χ0v) is 12.3. The van der Waals surface area contributed by atoms with Crippen molar-refractivity contribution in [3.05, 3.63) is 28.8 Å². The molecule has 1 aromatic carbocycles. The number of rotatable bonds is 3. The molecule has 0 radical (unpaired) electrons. The lowest BCUT2D eigenvalue weighted by Gasteiger charge is -2.17. The van der Waals surface area contributed by atoms with Crippen LogP contribution in [-0.4, -0.2) is 19.8 Å². The Morgan fingerprint density at radius 2 is 2.29 bits per heavy atom. The van der Waals surface area contributed by atoms with Crippen molar-refractivity contribution in [3.8, 4) is 5.75 Å². The number of hydrogen-bond donors (Lipinski definition) is 0. The molecule has 0 saturated carbocycles. The quantitative estimate of drug-likeness (QED) is 0.777. The number of alkyl halides is 1. The summed E-state index contributed by atoms with van der Waals surface area (Å²) in [7, 11) is 1.62. The molecular weight excluding hydrogens is 303 g/mol. The highest BCUT2D eigenvalue weighted by Gasteiger charge is 2.29. The van der Waals surface area contributed by atoms with Gasteiger partial charge in [0.1, 0.15) is 5.75 Å². The Hall–Kier alpha value is -0.250. The zero-order chi connectivity index (χ0) is 12.4. The maximum Gasteiger partial charge on any atom is 0.137 e. The first kappa shape index (κ1) is 13.2. The van der Waals surface area contributed by atoms with Gasteiger partial charge in [-0.25, -0.2) is 0 Å². The molecule has 0 aromatic heterocycles. The summed E-state index contributed by atoms with van der Waals surface area (Å²) < 4.78 is 10.7. The minimum Gasteiger partial charge on any atom is -0.495 e. The molecular formula is C13H16BrClO2. The molecule has 1 aromatic rings. The lowest BCUT2D eigenvalue weighted by Crippen LogP contribution is -2.07. The van der Waals surface area contributed by atoms with Crippen molar-refractivity contribution in [2.24, 2.45) is 5.92 Å². The first-order chi connectivity index (χ1) is 8.11. The molecule has 0 aliphatic carbocycles. The van der Waals surface area contributed by atoms with Crippen LogP contribution in [0.15, 0.2) is 18.2 Å². The Labute approximate surface area is 115 Å². The van der Waals surface area contributed by atoms with Crippen LogP contribution in [0.4, 0.5) is 0 Å². The van der Waals surface area contributed by atoms with E-state index < -0.39 is 0 Å². The molecule has 3 atom stereocenters. The van der Waals surface area contributed by atoms with Gasteiger partial charge in [0.25, 0.3) is 0 Å². The van der Waals surface area contributed by atoms with Crippen LogP contribution in [0.1, 0.15) is 23.7 Å². The standard InChI is InChI=1S/C13H16BrClO2/c1-8-5-10(7-17-8)13(14)9-3-4-12(16-2)11(15)6-9/h3-4,6,8,10,13H,5,7H2,1-2H3. The van der Waals surface area contributed by atoms with Crippen molar-refractivity contribution < 1.29 is 9.47 Å². The normalized spacial score (nSPS) is 25.9. The van der Waals surface area contributed by atoms with E-state index in [-0.39, 0.29) is 4.83 Å². The minimum absolute atomic E-state index is 0.288. The number of hydrogen-bond acceptors (Lipinski definition) is 2. The largest absolute Gasteiger partial charge is 0.495 e. The van der Waals surface area contributed by atoms with Crippen LogP contribution in [0.3, 0.4) is 0 Å². The molecule has 1 saturated heterocycles. The summed E-state index contributed by atoms with van der Waals surface area (Å²) in [5.74, 6) is 1.22. The number of methoxy groups -OCH3 is 1. The second kappa shape index (κ2) is 5.59. The van der Waals surface area contributed by atoms with Crippen molar-refractivity contribution in [1.82, 2.24) is 0 Å². The van der Waals surface area contributed by atoms with Gasteiger partial charge in [0.05, 0.1) is 24.8 Å². The van der Waals surface area contributed by atoms with Gasteiger partial charge in [-0.1, -0.05) is 33.6 Å². The third-order valence-electron chi connectivity index (χ3n) is 3.14. The fourth-order valence-electron chi connectivity index (χ4n) is 2.18. The van der Waals surface area contributed by atoms with Crippen molar-refractivity contribution in [2.75, 3.05) is 13.7 Å². The predicted molar refractivity (Wildman–Crippen MR) is 73.2 cm³/mol. The first-order valence-electron chi connectivity index (χ1n) is 5.71. The van der Waals surface area contributed by atoms with Crippen molar-refractivity contribution in [1.29, 1.82) is 0 Å². The Kier molecular flexibility index (Phi) is 4.34. The third-order valence-corrected chi connectivity index (χ3v) is 4.71. The SMILES string of the molecule is COc1ccc(C(Br)C2COC(C)C2)cc1Cl. The van der Waals surface area contributed by atoms with Gasteiger partial charge < -0.3 is 9.47 Å². The molecule has 94 valence electrons. The Bertz CT molecular complexity index is 397. The summed E-state index contributed by atoms with van der Waals surface area (Å²) in [6.07, 6.45) is 1.44. The summed E-state index contributed by atoms with van der Waals surface area (Å²) in [4.78, 5) is 0.288. The average Bonchev–Trinajstić information content (AvgIpc) is 2.75. The van der Waals surface area contributed by atoms with Crippen LogP contribution >= 0.6 is 27.5 Å². The second-order valence-corrected chi connectivity index (χ2v) is 5.83. The van der Waals surface area contributed by atoms with E-state index in [0.29, 0.717) is 22.8 Å². The summed E-state index contributed by atoms with van der Waals surface area (Å²) in [5, 5.41) is 0.654. The van der Waals surface area contributed by atoms with Crippen LogP contribution in [0.2, 0.25) is 5.02 Å². The molecule has 1 heterocycles. The summed E-state index contributed by atoms with van der Waals surface area (Å²) >= 11 is 9.87. The van der Waals surface area contributed by atoms with Crippen molar-refractivity contribution >= 4 is 27.5 Å². The first-order valence-corrected chi connectivity index (χ1v) is 7.00. The number of halogens is 2. The fraction of sp³-hybridized carbons (Fsp3) is 0.538. The van der Waals surface area contributed by atoms with Gasteiger partial charge in [-0.15, -0.1) is 0 Å². The van der Waals surface area contributed by atoms with E-state index in [4.69, 9.17) is 21.1 Å². The van der Waals surface area contributed by atoms with E-state index in [1.54, 1.807) is 7.11 Å². The fourth-order valence-corrected chi connectivity index (χ4v) is 3.10. The van der Waals surface area contributed by atoms with E-state index in [9.17, 15) is 0 Å². The highest BCUT2D eigenvalue weighted by atomic mass is 79.9. The lowest BCUT2D eigenvalue weighted by molar-refractivity contribution is 0.120. The van der Waals surface area contributed by atoms with Crippen LogP contribution in [0, 0.1) is 5.92 Å². The minimum atomic E-state index is 0.288. The molecule has 0 N–H and O–H groups in total. The molecule has 0 bridgehead atoms. The summed E-state index contributed by atoms with van der Waals surface area (Å²) in [5.41, 5.74) is 1.18. The Morgan fingerprint density at radius 3 is 2.82 bits per heavy atom. The van der Waals surface area contributed by atoms with Gasteiger partial charge in [-0.3, -0.25) is 0 Å². The molecule has 17 heavy (non-hydrogen) atoms.